The van der Waals surface area contributed by atoms with Crippen LogP contribution in [0.25, 0.3) is 0 Å². The van der Waals surface area contributed by atoms with Gasteiger partial charge in [0.1, 0.15) is 5.75 Å². The Balaban J connectivity index is 1.64. The molecule has 2 aromatic carbocycles. The number of aryl methyl sites for hydroxylation is 1. The van der Waals surface area contributed by atoms with Gasteiger partial charge in [-0.05, 0) is 42.5 Å². The number of rotatable bonds is 8. The van der Waals surface area contributed by atoms with E-state index < -0.39 is 0 Å². The van der Waals surface area contributed by atoms with Gasteiger partial charge in [-0.15, -0.1) is 10.2 Å². The van der Waals surface area contributed by atoms with Gasteiger partial charge in [0.15, 0.2) is 11.8 Å². The van der Waals surface area contributed by atoms with Crippen LogP contribution < -0.4 is 10.1 Å². The number of nitrogens with zero attached hydrogens (tertiary/aromatic N) is 3. The molecule has 0 fully saturated rings. The molecule has 0 radical (unpaired) electrons. The summed E-state index contributed by atoms with van der Waals surface area (Å²) in [4.78, 5) is 12.6. The van der Waals surface area contributed by atoms with Crippen LogP contribution in [0.2, 0.25) is 5.02 Å². The monoisotopic (exact) mass is 472 g/mol. The zero-order chi connectivity index (χ0) is 23.3. The second kappa shape index (κ2) is 10.4. The molecule has 0 spiro atoms. The average Bonchev–Trinajstić information content (AvgIpc) is 3.12. The summed E-state index contributed by atoms with van der Waals surface area (Å²) in [5, 5.41) is 12.7. The number of aromatic nitrogens is 3. The summed E-state index contributed by atoms with van der Waals surface area (Å²) in [7, 11) is 0. The molecule has 3 rings (SSSR count). The summed E-state index contributed by atoms with van der Waals surface area (Å²) in [6, 6.07) is 13.7. The fourth-order valence-electron chi connectivity index (χ4n) is 3.19. The van der Waals surface area contributed by atoms with Gasteiger partial charge in [-0.1, -0.05) is 80.0 Å². The molecule has 0 aliphatic carbocycles. The summed E-state index contributed by atoms with van der Waals surface area (Å²) in [6.45, 7) is 10.9. The first kappa shape index (κ1) is 24.1. The van der Waals surface area contributed by atoms with Crippen molar-refractivity contribution in [2.24, 2.45) is 0 Å². The number of hydrogen-bond donors (Lipinski definition) is 1. The lowest BCUT2D eigenvalue weighted by Crippen LogP contribution is -2.23. The molecule has 1 N–H and O–H groups in total. The molecular weight excluding hydrogens is 444 g/mol. The van der Waals surface area contributed by atoms with Crippen LogP contribution in [-0.4, -0.2) is 27.3 Å². The lowest BCUT2D eigenvalue weighted by Gasteiger charge is -2.23. The number of benzene rings is 2. The average molecular weight is 473 g/mol. The second-order valence-electron chi connectivity index (χ2n) is 8.52. The van der Waals surface area contributed by atoms with E-state index in [-0.39, 0.29) is 17.9 Å². The van der Waals surface area contributed by atoms with Gasteiger partial charge in [-0.3, -0.25) is 14.7 Å². The Kier molecular flexibility index (Phi) is 7.85. The molecule has 8 heteroatoms. The highest BCUT2D eigenvalue weighted by Gasteiger charge is 2.20. The molecule has 0 bridgehead atoms. The van der Waals surface area contributed by atoms with E-state index >= 15 is 0 Å². The molecule has 0 aliphatic rings. The maximum Gasteiger partial charge on any atom is 0.264 e. The Bertz CT molecular complexity index is 1090. The molecule has 3 aromatic rings. The Morgan fingerprint density at radius 1 is 1.19 bits per heavy atom. The Hall–Kier alpha value is -2.51. The van der Waals surface area contributed by atoms with Crippen molar-refractivity contribution in [3.63, 3.8) is 0 Å². The van der Waals surface area contributed by atoms with Crippen molar-refractivity contribution in [3.05, 3.63) is 64.2 Å². The lowest BCUT2D eigenvalue weighted by atomic mass is 9.85. The van der Waals surface area contributed by atoms with Gasteiger partial charge in [0.05, 0.1) is 0 Å². The molecule has 0 saturated carbocycles. The van der Waals surface area contributed by atoms with Crippen molar-refractivity contribution in [2.45, 2.75) is 57.5 Å². The van der Waals surface area contributed by atoms with Crippen molar-refractivity contribution in [2.75, 3.05) is 11.9 Å². The minimum atomic E-state index is -0.282. The number of halogens is 1. The van der Waals surface area contributed by atoms with E-state index in [1.165, 1.54) is 11.8 Å². The Morgan fingerprint density at radius 2 is 1.94 bits per heavy atom. The van der Waals surface area contributed by atoms with Crippen LogP contribution in [0.3, 0.4) is 0 Å². The third kappa shape index (κ3) is 6.04. The highest BCUT2D eigenvalue weighted by atomic mass is 35.5. The highest BCUT2D eigenvalue weighted by Crippen LogP contribution is 2.32. The molecule has 0 unspecified atom stereocenters. The summed E-state index contributed by atoms with van der Waals surface area (Å²) >= 11 is 7.77. The van der Waals surface area contributed by atoms with Crippen molar-refractivity contribution in [1.82, 2.24) is 14.8 Å². The van der Waals surface area contributed by atoms with Crippen molar-refractivity contribution in [3.8, 4) is 5.75 Å². The molecule has 0 aliphatic heterocycles. The normalized spacial score (nSPS) is 11.4. The number of anilines is 1. The predicted octanol–water partition coefficient (Wildman–Crippen LogP) is 5.87. The van der Waals surface area contributed by atoms with Crippen LogP contribution in [0.5, 0.6) is 5.75 Å². The number of amides is 1. The fraction of sp³-hybridized carbons (Fsp3) is 0.375. The highest BCUT2D eigenvalue weighted by molar-refractivity contribution is 7.98. The van der Waals surface area contributed by atoms with E-state index in [2.05, 4.69) is 42.4 Å². The molecular formula is C24H29ClN4O2S. The standard InChI is InChI=1S/C24H29ClN4O2S/c1-6-29-22(27-28-23(29)32-15-17-9-7-8-10-19(17)25)26-21(30)14-31-20-12-11-16(2)13-18(20)24(3,4)5/h7-13H,6,14-15H2,1-5H3,(H,26,27,30). The first-order valence-electron chi connectivity index (χ1n) is 10.5. The van der Waals surface area contributed by atoms with Crippen LogP contribution in [0, 0.1) is 6.92 Å². The molecule has 1 heterocycles. The smallest absolute Gasteiger partial charge is 0.264 e. The lowest BCUT2D eigenvalue weighted by molar-refractivity contribution is -0.118. The van der Waals surface area contributed by atoms with E-state index in [9.17, 15) is 4.79 Å². The fourth-order valence-corrected chi connectivity index (χ4v) is 4.48. The van der Waals surface area contributed by atoms with Crippen LogP contribution in [-0.2, 0) is 22.5 Å². The summed E-state index contributed by atoms with van der Waals surface area (Å²) in [6.07, 6.45) is 0. The van der Waals surface area contributed by atoms with E-state index in [0.717, 1.165) is 26.9 Å². The predicted molar refractivity (Wildman–Crippen MR) is 131 cm³/mol. The van der Waals surface area contributed by atoms with E-state index in [1.54, 1.807) is 0 Å². The largest absolute Gasteiger partial charge is 0.483 e. The van der Waals surface area contributed by atoms with Crippen LogP contribution in [0.15, 0.2) is 47.6 Å². The maximum absolute atomic E-state index is 12.6. The van der Waals surface area contributed by atoms with Crippen molar-refractivity contribution < 1.29 is 9.53 Å². The van der Waals surface area contributed by atoms with Crippen LogP contribution in [0.1, 0.15) is 44.4 Å². The van der Waals surface area contributed by atoms with Gasteiger partial charge in [0, 0.05) is 17.3 Å². The van der Waals surface area contributed by atoms with Gasteiger partial charge in [0.2, 0.25) is 5.95 Å². The molecule has 0 saturated heterocycles. The number of ether oxygens (including phenoxy) is 1. The second-order valence-corrected chi connectivity index (χ2v) is 9.87. The topological polar surface area (TPSA) is 69.0 Å². The number of nitrogens with one attached hydrogen (secondary N) is 1. The van der Waals surface area contributed by atoms with Gasteiger partial charge < -0.3 is 4.74 Å². The van der Waals surface area contributed by atoms with Gasteiger partial charge in [-0.25, -0.2) is 0 Å². The van der Waals surface area contributed by atoms with Crippen molar-refractivity contribution in [1.29, 1.82) is 0 Å². The minimum absolute atomic E-state index is 0.0893. The molecule has 1 aromatic heterocycles. The molecule has 0 atom stereocenters. The molecule has 1 amide bonds. The zero-order valence-electron chi connectivity index (χ0n) is 19.1. The third-order valence-corrected chi connectivity index (χ3v) is 6.29. The Labute approximate surface area is 198 Å². The zero-order valence-corrected chi connectivity index (χ0v) is 20.7. The minimum Gasteiger partial charge on any atom is -0.483 e. The first-order chi connectivity index (χ1) is 15.2. The number of carbonyl (C=O) groups is 1. The molecule has 6 nitrogen and oxygen atoms in total. The maximum atomic E-state index is 12.6. The molecule has 32 heavy (non-hydrogen) atoms. The van der Waals surface area contributed by atoms with Gasteiger partial charge in [0.25, 0.3) is 5.91 Å². The quantitative estimate of drug-likeness (QED) is 0.415. The van der Waals surface area contributed by atoms with E-state index in [4.69, 9.17) is 16.3 Å². The van der Waals surface area contributed by atoms with Crippen LogP contribution >= 0.6 is 23.4 Å². The van der Waals surface area contributed by atoms with Gasteiger partial charge in [-0.2, -0.15) is 0 Å². The third-order valence-electron chi connectivity index (χ3n) is 4.90. The Morgan fingerprint density at radius 3 is 2.62 bits per heavy atom. The van der Waals surface area contributed by atoms with Gasteiger partial charge >= 0.3 is 0 Å². The number of hydrogen-bond acceptors (Lipinski definition) is 5. The summed E-state index contributed by atoms with van der Waals surface area (Å²) in [5.41, 5.74) is 3.16. The van der Waals surface area contributed by atoms with Crippen molar-refractivity contribution >= 4 is 35.2 Å². The van der Waals surface area contributed by atoms with E-state index in [0.29, 0.717) is 24.0 Å². The summed E-state index contributed by atoms with van der Waals surface area (Å²) < 4.78 is 7.73. The summed E-state index contributed by atoms with van der Waals surface area (Å²) in [5.74, 6) is 1.50. The van der Waals surface area contributed by atoms with Crippen LogP contribution in [0.4, 0.5) is 5.95 Å². The van der Waals surface area contributed by atoms with E-state index in [1.807, 2.05) is 54.8 Å². The number of thioether (sulfide) groups is 1. The SMILES string of the molecule is CCn1c(NC(=O)COc2ccc(C)cc2C(C)(C)C)nnc1SCc1ccccc1Cl. The number of carbonyl (C=O) groups excluding carboxylic acids is 1. The first-order valence-corrected chi connectivity index (χ1v) is 11.9. The molecule has 170 valence electrons.